The second kappa shape index (κ2) is 7.65. The standard InChI is InChI=1S/C15H28N4/c1-3-10-19(13-14-5-4-8-16-12-14)11-7-15-6-9-17-18(15)2/h6,9,14,16H,3-5,7-8,10-13H2,1-2H3. The zero-order valence-corrected chi connectivity index (χ0v) is 12.4. The first kappa shape index (κ1) is 14.5. The molecule has 1 aromatic rings. The number of aromatic nitrogens is 2. The zero-order chi connectivity index (χ0) is 13.5. The Hall–Kier alpha value is -0.870. The van der Waals surface area contributed by atoms with E-state index in [1.165, 1.54) is 51.1 Å². The fourth-order valence-electron chi connectivity index (χ4n) is 2.97. The quantitative estimate of drug-likeness (QED) is 0.813. The van der Waals surface area contributed by atoms with Crippen LogP contribution < -0.4 is 5.32 Å². The predicted molar refractivity (Wildman–Crippen MR) is 79.2 cm³/mol. The molecule has 4 heteroatoms. The van der Waals surface area contributed by atoms with Crippen molar-refractivity contribution >= 4 is 0 Å². The van der Waals surface area contributed by atoms with Crippen LogP contribution in [0.2, 0.25) is 0 Å². The van der Waals surface area contributed by atoms with Crippen molar-refractivity contribution in [3.63, 3.8) is 0 Å². The molecule has 2 heterocycles. The molecule has 4 nitrogen and oxygen atoms in total. The van der Waals surface area contributed by atoms with Crippen LogP contribution >= 0.6 is 0 Å². The Kier molecular flexibility index (Phi) is 5.86. The summed E-state index contributed by atoms with van der Waals surface area (Å²) in [6.07, 6.45) is 6.97. The lowest BCUT2D eigenvalue weighted by atomic mass is 9.99. The van der Waals surface area contributed by atoms with Crippen LogP contribution in [0.3, 0.4) is 0 Å². The molecule has 1 atom stereocenters. The Bertz CT molecular complexity index is 355. The van der Waals surface area contributed by atoms with Crippen molar-refractivity contribution in [1.82, 2.24) is 20.0 Å². The fraction of sp³-hybridized carbons (Fsp3) is 0.800. The molecule has 2 rings (SSSR count). The van der Waals surface area contributed by atoms with E-state index in [4.69, 9.17) is 0 Å². The van der Waals surface area contributed by atoms with E-state index in [2.05, 4.69) is 28.3 Å². The molecular formula is C15H28N4. The molecular weight excluding hydrogens is 236 g/mol. The molecule has 1 N–H and O–H groups in total. The summed E-state index contributed by atoms with van der Waals surface area (Å²) in [5, 5.41) is 7.76. The van der Waals surface area contributed by atoms with Gasteiger partial charge in [0.15, 0.2) is 0 Å². The summed E-state index contributed by atoms with van der Waals surface area (Å²) >= 11 is 0. The van der Waals surface area contributed by atoms with E-state index in [9.17, 15) is 0 Å². The molecule has 1 aromatic heterocycles. The largest absolute Gasteiger partial charge is 0.316 e. The number of hydrogen-bond donors (Lipinski definition) is 1. The van der Waals surface area contributed by atoms with Gasteiger partial charge in [0.1, 0.15) is 0 Å². The van der Waals surface area contributed by atoms with Gasteiger partial charge in [-0.15, -0.1) is 0 Å². The third-order valence-corrected chi connectivity index (χ3v) is 4.06. The third-order valence-electron chi connectivity index (χ3n) is 4.06. The van der Waals surface area contributed by atoms with Gasteiger partial charge in [0.05, 0.1) is 0 Å². The lowest BCUT2D eigenvalue weighted by Gasteiger charge is -2.30. The molecule has 1 aliphatic rings. The molecule has 19 heavy (non-hydrogen) atoms. The van der Waals surface area contributed by atoms with Crippen molar-refractivity contribution in [2.75, 3.05) is 32.7 Å². The summed E-state index contributed by atoms with van der Waals surface area (Å²) in [7, 11) is 2.03. The Labute approximate surface area is 117 Å². The van der Waals surface area contributed by atoms with Crippen LogP contribution in [-0.4, -0.2) is 47.4 Å². The van der Waals surface area contributed by atoms with Crippen LogP contribution in [0.4, 0.5) is 0 Å². The Balaban J connectivity index is 1.79. The Morgan fingerprint density at radius 1 is 1.47 bits per heavy atom. The predicted octanol–water partition coefficient (Wildman–Crippen LogP) is 1.67. The van der Waals surface area contributed by atoms with Gasteiger partial charge in [0.25, 0.3) is 0 Å². The number of hydrogen-bond acceptors (Lipinski definition) is 3. The summed E-state index contributed by atoms with van der Waals surface area (Å²) in [5.41, 5.74) is 1.34. The van der Waals surface area contributed by atoms with Crippen molar-refractivity contribution in [3.05, 3.63) is 18.0 Å². The van der Waals surface area contributed by atoms with Crippen LogP contribution in [0.25, 0.3) is 0 Å². The Morgan fingerprint density at radius 3 is 3.00 bits per heavy atom. The lowest BCUT2D eigenvalue weighted by molar-refractivity contribution is 0.209. The second-order valence-corrected chi connectivity index (χ2v) is 5.71. The smallest absolute Gasteiger partial charge is 0.0492 e. The first-order chi connectivity index (χ1) is 9.29. The number of piperidine rings is 1. The molecule has 1 unspecified atom stereocenters. The first-order valence-corrected chi connectivity index (χ1v) is 7.69. The molecule has 1 fully saturated rings. The Morgan fingerprint density at radius 2 is 2.37 bits per heavy atom. The molecule has 0 spiro atoms. The van der Waals surface area contributed by atoms with E-state index in [0.29, 0.717) is 0 Å². The molecule has 0 aromatic carbocycles. The van der Waals surface area contributed by atoms with Crippen LogP contribution in [0.15, 0.2) is 12.3 Å². The SMILES string of the molecule is CCCN(CCc1ccnn1C)CC1CCCNC1. The minimum atomic E-state index is 0.840. The fourth-order valence-corrected chi connectivity index (χ4v) is 2.97. The lowest BCUT2D eigenvalue weighted by Crippen LogP contribution is -2.39. The maximum atomic E-state index is 4.24. The van der Waals surface area contributed by atoms with Crippen molar-refractivity contribution in [2.24, 2.45) is 13.0 Å². The van der Waals surface area contributed by atoms with Gasteiger partial charge in [-0.05, 0) is 50.9 Å². The summed E-state index contributed by atoms with van der Waals surface area (Å²) in [5.74, 6) is 0.840. The highest BCUT2D eigenvalue weighted by atomic mass is 15.3. The molecule has 1 saturated heterocycles. The van der Waals surface area contributed by atoms with Gasteiger partial charge in [-0.2, -0.15) is 5.10 Å². The number of rotatable bonds is 7. The van der Waals surface area contributed by atoms with E-state index >= 15 is 0 Å². The van der Waals surface area contributed by atoms with Gasteiger partial charge in [0, 0.05) is 38.4 Å². The molecule has 0 radical (unpaired) electrons. The van der Waals surface area contributed by atoms with Gasteiger partial charge in [-0.25, -0.2) is 0 Å². The highest BCUT2D eigenvalue weighted by molar-refractivity contribution is 5.00. The van der Waals surface area contributed by atoms with E-state index in [0.717, 1.165) is 18.9 Å². The zero-order valence-electron chi connectivity index (χ0n) is 12.4. The van der Waals surface area contributed by atoms with Crippen molar-refractivity contribution in [2.45, 2.75) is 32.6 Å². The minimum Gasteiger partial charge on any atom is -0.316 e. The van der Waals surface area contributed by atoms with Crippen LogP contribution in [0.5, 0.6) is 0 Å². The van der Waals surface area contributed by atoms with Gasteiger partial charge >= 0.3 is 0 Å². The van der Waals surface area contributed by atoms with E-state index < -0.39 is 0 Å². The number of nitrogens with one attached hydrogen (secondary N) is 1. The van der Waals surface area contributed by atoms with Gasteiger partial charge < -0.3 is 10.2 Å². The van der Waals surface area contributed by atoms with Crippen LogP contribution in [0.1, 0.15) is 31.9 Å². The van der Waals surface area contributed by atoms with Gasteiger partial charge in [0.2, 0.25) is 0 Å². The second-order valence-electron chi connectivity index (χ2n) is 5.71. The van der Waals surface area contributed by atoms with Gasteiger partial charge in [-0.3, -0.25) is 4.68 Å². The number of aryl methyl sites for hydroxylation is 1. The van der Waals surface area contributed by atoms with E-state index in [1.807, 2.05) is 17.9 Å². The average Bonchev–Trinajstić information content (AvgIpc) is 2.83. The molecule has 0 aliphatic carbocycles. The maximum absolute atomic E-state index is 4.24. The summed E-state index contributed by atoms with van der Waals surface area (Å²) in [6, 6.07) is 2.13. The molecule has 0 amide bonds. The van der Waals surface area contributed by atoms with Crippen LogP contribution in [0, 0.1) is 5.92 Å². The molecule has 1 aliphatic heterocycles. The summed E-state index contributed by atoms with van der Waals surface area (Å²) < 4.78 is 1.99. The van der Waals surface area contributed by atoms with Crippen molar-refractivity contribution in [3.8, 4) is 0 Å². The normalized spacial score (nSPS) is 20.1. The highest BCUT2D eigenvalue weighted by Crippen LogP contribution is 2.12. The number of nitrogens with zero attached hydrogens (tertiary/aromatic N) is 3. The minimum absolute atomic E-state index is 0.840. The highest BCUT2D eigenvalue weighted by Gasteiger charge is 2.16. The van der Waals surface area contributed by atoms with Crippen molar-refractivity contribution < 1.29 is 0 Å². The van der Waals surface area contributed by atoms with Gasteiger partial charge in [-0.1, -0.05) is 6.92 Å². The monoisotopic (exact) mass is 264 g/mol. The summed E-state index contributed by atoms with van der Waals surface area (Å²) in [6.45, 7) is 8.30. The first-order valence-electron chi connectivity index (χ1n) is 7.69. The summed E-state index contributed by atoms with van der Waals surface area (Å²) in [4.78, 5) is 2.63. The molecule has 0 bridgehead atoms. The van der Waals surface area contributed by atoms with E-state index in [1.54, 1.807) is 0 Å². The molecule has 0 saturated carbocycles. The maximum Gasteiger partial charge on any atom is 0.0492 e. The third kappa shape index (κ3) is 4.62. The molecule has 108 valence electrons. The average molecular weight is 264 g/mol. The topological polar surface area (TPSA) is 33.1 Å². The van der Waals surface area contributed by atoms with E-state index in [-0.39, 0.29) is 0 Å². The van der Waals surface area contributed by atoms with Crippen LogP contribution in [-0.2, 0) is 13.5 Å². The van der Waals surface area contributed by atoms with Crippen molar-refractivity contribution in [1.29, 1.82) is 0 Å².